The van der Waals surface area contributed by atoms with Crippen LogP contribution in [0.1, 0.15) is 25.2 Å². The molecule has 0 saturated carbocycles. The standard InChI is InChI=1S/C11H19N3O2/c1-5-16-11(15)9(3)12-7-10-6-8(2)13-14(10)4/h6,9,12H,5,7H2,1-4H3. The first kappa shape index (κ1) is 12.7. The molecule has 0 saturated heterocycles. The van der Waals surface area contributed by atoms with Gasteiger partial charge in [0.05, 0.1) is 18.0 Å². The normalized spacial score (nSPS) is 12.5. The summed E-state index contributed by atoms with van der Waals surface area (Å²) in [5.74, 6) is -0.221. The minimum atomic E-state index is -0.296. The summed E-state index contributed by atoms with van der Waals surface area (Å²) in [7, 11) is 1.89. The second-order valence-corrected chi connectivity index (χ2v) is 3.76. The highest BCUT2D eigenvalue weighted by Gasteiger charge is 2.13. The van der Waals surface area contributed by atoms with Gasteiger partial charge in [0, 0.05) is 13.6 Å². The summed E-state index contributed by atoms with van der Waals surface area (Å²) in [6.45, 7) is 6.56. The first-order chi connectivity index (χ1) is 7.54. The summed E-state index contributed by atoms with van der Waals surface area (Å²) in [6.07, 6.45) is 0. The summed E-state index contributed by atoms with van der Waals surface area (Å²) < 4.78 is 6.71. The fourth-order valence-corrected chi connectivity index (χ4v) is 1.44. The molecule has 1 unspecified atom stereocenters. The lowest BCUT2D eigenvalue weighted by atomic mass is 10.3. The molecule has 1 aromatic rings. The van der Waals surface area contributed by atoms with Crippen LogP contribution in [0.5, 0.6) is 0 Å². The summed E-state index contributed by atoms with van der Waals surface area (Å²) >= 11 is 0. The number of esters is 1. The fourth-order valence-electron chi connectivity index (χ4n) is 1.44. The number of hydrogen-bond acceptors (Lipinski definition) is 4. The van der Waals surface area contributed by atoms with Crippen LogP contribution in [0.2, 0.25) is 0 Å². The third-order valence-corrected chi connectivity index (χ3v) is 2.33. The van der Waals surface area contributed by atoms with Crippen molar-refractivity contribution in [3.8, 4) is 0 Å². The van der Waals surface area contributed by atoms with Crippen LogP contribution < -0.4 is 5.32 Å². The van der Waals surface area contributed by atoms with Crippen LogP contribution >= 0.6 is 0 Å². The van der Waals surface area contributed by atoms with Crippen molar-refractivity contribution in [3.05, 3.63) is 17.5 Å². The summed E-state index contributed by atoms with van der Waals surface area (Å²) in [5, 5.41) is 7.33. The number of hydrogen-bond donors (Lipinski definition) is 1. The molecular formula is C11H19N3O2. The number of aryl methyl sites for hydroxylation is 2. The summed E-state index contributed by atoms with van der Waals surface area (Å²) in [4.78, 5) is 11.3. The second kappa shape index (κ2) is 5.65. The molecule has 1 rings (SSSR count). The Hall–Kier alpha value is -1.36. The van der Waals surface area contributed by atoms with Crippen molar-refractivity contribution in [1.29, 1.82) is 0 Å². The Morgan fingerprint density at radius 3 is 2.88 bits per heavy atom. The Morgan fingerprint density at radius 1 is 1.69 bits per heavy atom. The van der Waals surface area contributed by atoms with E-state index in [2.05, 4.69) is 10.4 Å². The van der Waals surface area contributed by atoms with E-state index in [0.29, 0.717) is 13.2 Å². The van der Waals surface area contributed by atoms with Gasteiger partial charge in [-0.2, -0.15) is 5.10 Å². The van der Waals surface area contributed by atoms with Gasteiger partial charge in [-0.3, -0.25) is 14.8 Å². The van der Waals surface area contributed by atoms with Crippen LogP contribution in [-0.4, -0.2) is 28.4 Å². The molecule has 90 valence electrons. The molecule has 5 nitrogen and oxygen atoms in total. The quantitative estimate of drug-likeness (QED) is 0.752. The predicted octanol–water partition coefficient (Wildman–Crippen LogP) is 0.770. The highest BCUT2D eigenvalue weighted by Crippen LogP contribution is 2.01. The Kier molecular flexibility index (Phi) is 4.49. The molecule has 0 aromatic carbocycles. The third kappa shape index (κ3) is 3.34. The van der Waals surface area contributed by atoms with E-state index in [9.17, 15) is 4.79 Å². The lowest BCUT2D eigenvalue weighted by Crippen LogP contribution is -2.35. The monoisotopic (exact) mass is 225 g/mol. The number of carbonyl (C=O) groups excluding carboxylic acids is 1. The van der Waals surface area contributed by atoms with Crippen LogP contribution in [0.3, 0.4) is 0 Å². The van der Waals surface area contributed by atoms with Crippen molar-refractivity contribution in [1.82, 2.24) is 15.1 Å². The van der Waals surface area contributed by atoms with E-state index < -0.39 is 0 Å². The largest absolute Gasteiger partial charge is 0.465 e. The van der Waals surface area contributed by atoms with E-state index in [1.165, 1.54) is 0 Å². The maximum atomic E-state index is 11.3. The fraction of sp³-hybridized carbons (Fsp3) is 0.636. The molecule has 0 amide bonds. The zero-order valence-electron chi connectivity index (χ0n) is 10.3. The van der Waals surface area contributed by atoms with Gasteiger partial charge in [-0.05, 0) is 26.8 Å². The Labute approximate surface area is 95.8 Å². The minimum Gasteiger partial charge on any atom is -0.465 e. The Morgan fingerprint density at radius 2 is 2.38 bits per heavy atom. The number of nitrogens with one attached hydrogen (secondary N) is 1. The maximum absolute atomic E-state index is 11.3. The van der Waals surface area contributed by atoms with Gasteiger partial charge in [-0.25, -0.2) is 0 Å². The molecule has 1 N–H and O–H groups in total. The van der Waals surface area contributed by atoms with Gasteiger partial charge < -0.3 is 4.74 Å². The number of nitrogens with zero attached hydrogens (tertiary/aromatic N) is 2. The number of aromatic nitrogens is 2. The lowest BCUT2D eigenvalue weighted by molar-refractivity contribution is -0.145. The molecule has 0 bridgehead atoms. The zero-order chi connectivity index (χ0) is 12.1. The van der Waals surface area contributed by atoms with E-state index >= 15 is 0 Å². The third-order valence-electron chi connectivity index (χ3n) is 2.33. The molecule has 1 aromatic heterocycles. The molecule has 1 heterocycles. The molecule has 0 fully saturated rings. The van der Waals surface area contributed by atoms with Gasteiger partial charge in [-0.15, -0.1) is 0 Å². The predicted molar refractivity (Wildman–Crippen MR) is 60.9 cm³/mol. The molecular weight excluding hydrogens is 206 g/mol. The highest BCUT2D eigenvalue weighted by atomic mass is 16.5. The summed E-state index contributed by atoms with van der Waals surface area (Å²) in [5.41, 5.74) is 2.02. The molecule has 0 spiro atoms. The van der Waals surface area contributed by atoms with Crippen molar-refractivity contribution in [3.63, 3.8) is 0 Å². The van der Waals surface area contributed by atoms with E-state index in [4.69, 9.17) is 4.74 Å². The van der Waals surface area contributed by atoms with Crippen LogP contribution in [0.25, 0.3) is 0 Å². The van der Waals surface area contributed by atoms with Crippen LogP contribution in [0.15, 0.2) is 6.07 Å². The molecule has 1 atom stereocenters. The van der Waals surface area contributed by atoms with Gasteiger partial charge in [0.1, 0.15) is 6.04 Å². The first-order valence-electron chi connectivity index (χ1n) is 5.44. The second-order valence-electron chi connectivity index (χ2n) is 3.76. The topological polar surface area (TPSA) is 56.1 Å². The van der Waals surface area contributed by atoms with Crippen LogP contribution in [0.4, 0.5) is 0 Å². The van der Waals surface area contributed by atoms with Gasteiger partial charge in [0.15, 0.2) is 0 Å². The number of carbonyl (C=O) groups is 1. The van der Waals surface area contributed by atoms with Gasteiger partial charge in [-0.1, -0.05) is 0 Å². The van der Waals surface area contributed by atoms with Gasteiger partial charge in [0.2, 0.25) is 0 Å². The Bertz CT molecular complexity index is 360. The van der Waals surface area contributed by atoms with Crippen LogP contribution in [0, 0.1) is 6.92 Å². The number of ether oxygens (including phenoxy) is 1. The van der Waals surface area contributed by atoms with Crippen molar-refractivity contribution >= 4 is 5.97 Å². The average Bonchev–Trinajstić information content (AvgIpc) is 2.54. The van der Waals surface area contributed by atoms with Crippen molar-refractivity contribution in [2.45, 2.75) is 33.4 Å². The summed E-state index contributed by atoms with van der Waals surface area (Å²) in [6, 6.07) is 1.69. The molecule has 5 heteroatoms. The molecule has 0 radical (unpaired) electrons. The minimum absolute atomic E-state index is 0.221. The highest BCUT2D eigenvalue weighted by molar-refractivity contribution is 5.75. The smallest absolute Gasteiger partial charge is 0.322 e. The van der Waals surface area contributed by atoms with Crippen molar-refractivity contribution in [2.24, 2.45) is 7.05 Å². The van der Waals surface area contributed by atoms with Crippen molar-refractivity contribution < 1.29 is 9.53 Å². The number of rotatable bonds is 5. The molecule has 0 aliphatic rings. The molecule has 0 aliphatic carbocycles. The Balaban J connectivity index is 2.45. The zero-order valence-corrected chi connectivity index (χ0v) is 10.3. The maximum Gasteiger partial charge on any atom is 0.322 e. The first-order valence-corrected chi connectivity index (χ1v) is 5.44. The molecule has 16 heavy (non-hydrogen) atoms. The van der Waals surface area contributed by atoms with E-state index in [-0.39, 0.29) is 12.0 Å². The van der Waals surface area contributed by atoms with E-state index in [1.807, 2.05) is 20.0 Å². The SMILES string of the molecule is CCOC(=O)C(C)NCc1cc(C)nn1C. The molecule has 0 aliphatic heterocycles. The van der Waals surface area contributed by atoms with Gasteiger partial charge in [0.25, 0.3) is 0 Å². The van der Waals surface area contributed by atoms with E-state index in [0.717, 1.165) is 11.4 Å². The van der Waals surface area contributed by atoms with Crippen LogP contribution in [-0.2, 0) is 23.1 Å². The van der Waals surface area contributed by atoms with Crippen molar-refractivity contribution in [2.75, 3.05) is 6.61 Å². The van der Waals surface area contributed by atoms with E-state index in [1.54, 1.807) is 18.5 Å². The van der Waals surface area contributed by atoms with Gasteiger partial charge >= 0.3 is 5.97 Å². The average molecular weight is 225 g/mol. The lowest BCUT2D eigenvalue weighted by Gasteiger charge is -2.12.